The fourth-order valence-corrected chi connectivity index (χ4v) is 3.91. The van der Waals surface area contributed by atoms with Crippen molar-refractivity contribution in [3.63, 3.8) is 0 Å². The molecule has 0 saturated heterocycles. The number of hydrogen-bond acceptors (Lipinski definition) is 5. The number of thiazole rings is 1. The van der Waals surface area contributed by atoms with Gasteiger partial charge in [0.15, 0.2) is 0 Å². The molecule has 3 rings (SSSR count). The van der Waals surface area contributed by atoms with E-state index in [1.807, 2.05) is 37.3 Å². The van der Waals surface area contributed by atoms with Crippen molar-refractivity contribution in [3.8, 4) is 11.1 Å². The van der Waals surface area contributed by atoms with Gasteiger partial charge in [-0.05, 0) is 62.6 Å². The third-order valence-electron chi connectivity index (χ3n) is 4.32. The highest BCUT2D eigenvalue weighted by Gasteiger charge is 2.26. The van der Waals surface area contributed by atoms with Crippen molar-refractivity contribution in [1.29, 1.82) is 0 Å². The third-order valence-corrected chi connectivity index (χ3v) is 5.43. The summed E-state index contributed by atoms with van der Waals surface area (Å²) >= 11 is 7.56. The zero-order chi connectivity index (χ0) is 19.8. The van der Waals surface area contributed by atoms with Crippen LogP contribution in [0.3, 0.4) is 0 Å². The average Bonchev–Trinajstić information content (AvgIpc) is 3.06. The van der Waals surface area contributed by atoms with Gasteiger partial charge in [-0.15, -0.1) is 11.3 Å². The minimum Gasteiger partial charge on any atom is -0.462 e. The number of hydrogen-bond donors (Lipinski definition) is 1. The molecule has 0 aliphatic heterocycles. The molecule has 142 valence electrons. The van der Waals surface area contributed by atoms with E-state index in [1.165, 1.54) is 11.3 Å². The van der Waals surface area contributed by atoms with Crippen molar-refractivity contribution in [2.24, 2.45) is 5.41 Å². The maximum atomic E-state index is 12.1. The van der Waals surface area contributed by atoms with Crippen molar-refractivity contribution in [2.45, 2.75) is 33.8 Å². The molecular formula is C21H22ClNO3S. The third kappa shape index (κ3) is 4.15. The van der Waals surface area contributed by atoms with Gasteiger partial charge < -0.3 is 9.84 Å². The first-order valence-corrected chi connectivity index (χ1v) is 9.92. The summed E-state index contributed by atoms with van der Waals surface area (Å²) in [6.45, 7) is 7.20. The Kier molecular flexibility index (Phi) is 5.56. The molecule has 0 amide bonds. The van der Waals surface area contributed by atoms with Crippen LogP contribution in [0.5, 0.6) is 0 Å². The first kappa shape index (κ1) is 19.8. The van der Waals surface area contributed by atoms with Gasteiger partial charge in [-0.25, -0.2) is 4.98 Å². The van der Waals surface area contributed by atoms with Crippen LogP contribution in [-0.4, -0.2) is 22.7 Å². The van der Waals surface area contributed by atoms with Gasteiger partial charge in [0.2, 0.25) is 0 Å². The normalized spacial score (nSPS) is 13.0. The first-order valence-electron chi connectivity index (χ1n) is 8.66. The number of rotatable bonds is 4. The lowest BCUT2D eigenvalue weighted by molar-refractivity contribution is -0.156. The van der Waals surface area contributed by atoms with Gasteiger partial charge in [-0.3, -0.25) is 4.79 Å². The Morgan fingerprint density at radius 2 is 1.96 bits per heavy atom. The summed E-state index contributed by atoms with van der Waals surface area (Å²) in [5, 5.41) is 11.5. The molecule has 27 heavy (non-hydrogen) atoms. The predicted molar refractivity (Wildman–Crippen MR) is 110 cm³/mol. The number of aliphatic hydroxyl groups excluding tert-OH is 1. The minimum absolute atomic E-state index is 0.0954. The number of benzene rings is 2. The molecule has 1 atom stereocenters. The topological polar surface area (TPSA) is 59.4 Å². The van der Waals surface area contributed by atoms with Gasteiger partial charge in [0.05, 0.1) is 21.1 Å². The number of fused-ring (bicyclic) bond motifs is 1. The number of nitrogens with zero attached hydrogens (tertiary/aromatic N) is 1. The predicted octanol–water partition coefficient (Wildman–Crippen LogP) is 5.55. The second-order valence-electron chi connectivity index (χ2n) is 7.55. The molecule has 1 N–H and O–H groups in total. The molecule has 1 aromatic heterocycles. The molecule has 2 aromatic carbocycles. The standard InChI is InChI=1S/C21H22ClNO3S/c1-12-9-15-19(27-11-23-15)18(13-5-7-14(22)8-6-13)17(12)16(24)10-26-20(25)21(2,3)4/h5-9,11,16,24H,10H2,1-4H3/t16-/m0/s1. The molecule has 0 radical (unpaired) electrons. The van der Waals surface area contributed by atoms with E-state index in [4.69, 9.17) is 16.3 Å². The molecule has 0 unspecified atom stereocenters. The highest BCUT2D eigenvalue weighted by Crippen LogP contribution is 2.40. The van der Waals surface area contributed by atoms with E-state index < -0.39 is 11.5 Å². The minimum atomic E-state index is -0.937. The zero-order valence-corrected chi connectivity index (χ0v) is 17.3. The monoisotopic (exact) mass is 403 g/mol. The van der Waals surface area contributed by atoms with E-state index in [9.17, 15) is 9.90 Å². The van der Waals surface area contributed by atoms with Gasteiger partial charge in [0.25, 0.3) is 0 Å². The summed E-state index contributed by atoms with van der Waals surface area (Å²) in [5.74, 6) is -0.342. The lowest BCUT2D eigenvalue weighted by atomic mass is 9.92. The number of ether oxygens (including phenoxy) is 1. The van der Waals surface area contributed by atoms with Gasteiger partial charge in [-0.2, -0.15) is 0 Å². The van der Waals surface area contributed by atoms with Crippen molar-refractivity contribution >= 4 is 39.1 Å². The van der Waals surface area contributed by atoms with Crippen molar-refractivity contribution < 1.29 is 14.6 Å². The molecular weight excluding hydrogens is 382 g/mol. The van der Waals surface area contributed by atoms with E-state index in [2.05, 4.69) is 4.98 Å². The molecule has 0 fully saturated rings. The van der Waals surface area contributed by atoms with E-state index in [-0.39, 0.29) is 12.6 Å². The van der Waals surface area contributed by atoms with E-state index in [0.29, 0.717) is 5.02 Å². The highest BCUT2D eigenvalue weighted by molar-refractivity contribution is 7.17. The fraction of sp³-hybridized carbons (Fsp3) is 0.333. The van der Waals surface area contributed by atoms with E-state index in [0.717, 1.165) is 32.5 Å². The molecule has 0 aliphatic carbocycles. The van der Waals surface area contributed by atoms with E-state index in [1.54, 1.807) is 26.3 Å². The van der Waals surface area contributed by atoms with Crippen LogP contribution < -0.4 is 0 Å². The number of carbonyl (C=O) groups is 1. The summed E-state index contributed by atoms with van der Waals surface area (Å²) in [4.78, 5) is 16.5. The van der Waals surface area contributed by atoms with Crippen LogP contribution in [0, 0.1) is 12.3 Å². The van der Waals surface area contributed by atoms with Crippen LogP contribution in [0.25, 0.3) is 21.3 Å². The number of aliphatic hydroxyl groups is 1. The highest BCUT2D eigenvalue weighted by atomic mass is 35.5. The SMILES string of the molecule is Cc1cc2ncsc2c(-c2ccc(Cl)cc2)c1[C@@H](O)COC(=O)C(C)(C)C. The summed E-state index contributed by atoms with van der Waals surface area (Å²) in [7, 11) is 0. The number of carbonyl (C=O) groups excluding carboxylic acids is 1. The van der Waals surface area contributed by atoms with Crippen molar-refractivity contribution in [1.82, 2.24) is 4.98 Å². The quantitative estimate of drug-likeness (QED) is 0.580. The van der Waals surface area contributed by atoms with Crippen molar-refractivity contribution in [2.75, 3.05) is 6.61 Å². The Morgan fingerprint density at radius 3 is 2.59 bits per heavy atom. The Balaban J connectivity index is 2.06. The molecule has 0 spiro atoms. The number of esters is 1. The number of aryl methyl sites for hydroxylation is 1. The van der Waals surface area contributed by atoms with Gasteiger partial charge >= 0.3 is 5.97 Å². The van der Waals surface area contributed by atoms with Gasteiger partial charge in [-0.1, -0.05) is 23.7 Å². The first-order chi connectivity index (χ1) is 12.7. The summed E-state index contributed by atoms with van der Waals surface area (Å²) < 4.78 is 6.34. The molecule has 1 heterocycles. The second kappa shape index (κ2) is 7.58. The molecule has 6 heteroatoms. The van der Waals surface area contributed by atoms with Crippen LogP contribution in [0.2, 0.25) is 5.02 Å². The van der Waals surface area contributed by atoms with Gasteiger partial charge in [0, 0.05) is 10.6 Å². The number of aromatic nitrogens is 1. The largest absolute Gasteiger partial charge is 0.462 e. The maximum absolute atomic E-state index is 12.1. The summed E-state index contributed by atoms with van der Waals surface area (Å²) in [5.41, 5.74) is 5.55. The van der Waals surface area contributed by atoms with Crippen LogP contribution in [0.1, 0.15) is 38.0 Å². The zero-order valence-electron chi connectivity index (χ0n) is 15.7. The Morgan fingerprint density at radius 1 is 1.30 bits per heavy atom. The fourth-order valence-electron chi connectivity index (χ4n) is 2.93. The molecule has 4 nitrogen and oxygen atoms in total. The summed E-state index contributed by atoms with van der Waals surface area (Å²) in [6.07, 6.45) is -0.937. The molecule has 0 aliphatic rings. The molecule has 0 saturated carbocycles. The van der Waals surface area contributed by atoms with Crippen LogP contribution in [0.4, 0.5) is 0 Å². The average molecular weight is 404 g/mol. The Hall–Kier alpha value is -1.95. The Bertz CT molecular complexity index is 973. The Labute approximate surface area is 167 Å². The maximum Gasteiger partial charge on any atom is 0.311 e. The van der Waals surface area contributed by atoms with Crippen molar-refractivity contribution in [3.05, 3.63) is 52.0 Å². The molecule has 0 bridgehead atoms. The van der Waals surface area contributed by atoms with E-state index >= 15 is 0 Å². The lowest BCUT2D eigenvalue weighted by Gasteiger charge is -2.22. The van der Waals surface area contributed by atoms with Crippen LogP contribution in [-0.2, 0) is 9.53 Å². The summed E-state index contributed by atoms with van der Waals surface area (Å²) in [6, 6.07) is 9.44. The number of halogens is 1. The smallest absolute Gasteiger partial charge is 0.311 e. The van der Waals surface area contributed by atoms with Gasteiger partial charge in [0.1, 0.15) is 12.7 Å². The second-order valence-corrected chi connectivity index (χ2v) is 8.85. The van der Waals surface area contributed by atoms with Crippen LogP contribution >= 0.6 is 22.9 Å². The lowest BCUT2D eigenvalue weighted by Crippen LogP contribution is -2.25. The van der Waals surface area contributed by atoms with Crippen LogP contribution in [0.15, 0.2) is 35.8 Å². The molecule has 3 aromatic rings.